The monoisotopic (exact) mass is 260 g/mol. The van der Waals surface area contributed by atoms with E-state index in [1.54, 1.807) is 0 Å². The summed E-state index contributed by atoms with van der Waals surface area (Å²) in [6, 6.07) is 11.4. The molecule has 19 heavy (non-hydrogen) atoms. The number of nitrogens with one attached hydrogen (secondary N) is 1. The molecule has 106 valence electrons. The van der Waals surface area contributed by atoms with Crippen LogP contribution in [0.3, 0.4) is 0 Å². The maximum Gasteiger partial charge on any atom is 0.0464 e. The molecule has 0 bridgehead atoms. The van der Waals surface area contributed by atoms with Crippen molar-refractivity contribution in [3.05, 3.63) is 35.9 Å². The molecule has 2 heteroatoms. The third kappa shape index (κ3) is 4.96. The Morgan fingerprint density at radius 1 is 1.05 bits per heavy atom. The Morgan fingerprint density at radius 2 is 1.79 bits per heavy atom. The van der Waals surface area contributed by atoms with E-state index in [0.717, 1.165) is 0 Å². The molecule has 1 fully saturated rings. The molecule has 0 aromatic heterocycles. The summed E-state index contributed by atoms with van der Waals surface area (Å²) < 4.78 is 0. The maximum absolute atomic E-state index is 3.76. The van der Waals surface area contributed by atoms with E-state index in [1.165, 1.54) is 63.6 Å². The summed E-state index contributed by atoms with van der Waals surface area (Å²) in [6.45, 7) is 4.68. The van der Waals surface area contributed by atoms with Crippen LogP contribution in [-0.4, -0.2) is 18.1 Å². The first-order chi connectivity index (χ1) is 9.40. The Bertz CT molecular complexity index is 330. The van der Waals surface area contributed by atoms with Gasteiger partial charge in [-0.1, -0.05) is 62.9 Å². The van der Waals surface area contributed by atoms with Crippen LogP contribution in [-0.2, 0) is 0 Å². The topological polar surface area (TPSA) is 15.3 Å². The summed E-state index contributed by atoms with van der Waals surface area (Å²) in [5.41, 5.74) is 5.20. The van der Waals surface area contributed by atoms with Gasteiger partial charge in [-0.2, -0.15) is 0 Å². The molecule has 0 aliphatic carbocycles. The second-order valence-electron chi connectivity index (χ2n) is 5.64. The molecule has 1 atom stereocenters. The minimum Gasteiger partial charge on any atom is -0.248 e. The van der Waals surface area contributed by atoms with E-state index in [1.807, 2.05) is 0 Å². The number of benzene rings is 1. The molecule has 0 amide bonds. The van der Waals surface area contributed by atoms with Gasteiger partial charge in [0.2, 0.25) is 0 Å². The van der Waals surface area contributed by atoms with Gasteiger partial charge in [0.05, 0.1) is 0 Å². The van der Waals surface area contributed by atoms with E-state index >= 15 is 0 Å². The van der Waals surface area contributed by atoms with Gasteiger partial charge >= 0.3 is 0 Å². The maximum atomic E-state index is 3.76. The first kappa shape index (κ1) is 14.5. The van der Waals surface area contributed by atoms with Crippen LogP contribution in [0.2, 0.25) is 0 Å². The van der Waals surface area contributed by atoms with Gasteiger partial charge in [0.15, 0.2) is 0 Å². The first-order valence-electron chi connectivity index (χ1n) is 7.96. The molecule has 1 aromatic rings. The van der Waals surface area contributed by atoms with Crippen molar-refractivity contribution in [2.45, 2.75) is 57.9 Å². The Kier molecular flexibility index (Phi) is 6.38. The van der Waals surface area contributed by atoms with Crippen molar-refractivity contribution in [3.8, 4) is 0 Å². The molecule has 1 unspecified atom stereocenters. The summed E-state index contributed by atoms with van der Waals surface area (Å²) in [6.07, 6.45) is 9.26. The zero-order chi connectivity index (χ0) is 13.3. The molecule has 2 rings (SSSR count). The van der Waals surface area contributed by atoms with Crippen molar-refractivity contribution in [3.63, 3.8) is 0 Å². The average molecular weight is 260 g/mol. The molecule has 1 saturated heterocycles. The molecule has 2 nitrogen and oxygen atoms in total. The Morgan fingerprint density at radius 3 is 2.47 bits per heavy atom. The third-order valence-corrected chi connectivity index (χ3v) is 3.99. The van der Waals surface area contributed by atoms with Crippen LogP contribution >= 0.6 is 0 Å². The highest BCUT2D eigenvalue weighted by Gasteiger charge is 2.16. The largest absolute Gasteiger partial charge is 0.248 e. The van der Waals surface area contributed by atoms with Crippen LogP contribution in [0, 0.1) is 0 Å². The summed E-state index contributed by atoms with van der Waals surface area (Å²) in [7, 11) is 0. The highest BCUT2D eigenvalue weighted by Crippen LogP contribution is 2.21. The summed E-state index contributed by atoms with van der Waals surface area (Å²) >= 11 is 0. The Labute approximate surface area is 118 Å². The lowest BCUT2D eigenvalue weighted by atomic mass is 10.0. The SMILES string of the molecule is CCCCCC(NN1CCCCC1)c1ccccc1. The zero-order valence-corrected chi connectivity index (χ0v) is 12.3. The smallest absolute Gasteiger partial charge is 0.0464 e. The summed E-state index contributed by atoms with van der Waals surface area (Å²) in [4.78, 5) is 0. The van der Waals surface area contributed by atoms with Gasteiger partial charge < -0.3 is 0 Å². The highest BCUT2D eigenvalue weighted by atomic mass is 15.5. The number of nitrogens with zero attached hydrogens (tertiary/aromatic N) is 1. The second kappa shape index (κ2) is 8.34. The molecule has 1 aliphatic rings. The van der Waals surface area contributed by atoms with Gasteiger partial charge in [0, 0.05) is 19.1 Å². The third-order valence-electron chi connectivity index (χ3n) is 3.99. The normalized spacial score (nSPS) is 18.4. The lowest BCUT2D eigenvalue weighted by molar-refractivity contribution is 0.124. The Balaban J connectivity index is 1.92. The van der Waals surface area contributed by atoms with Crippen LogP contribution in [0.4, 0.5) is 0 Å². The van der Waals surface area contributed by atoms with E-state index in [-0.39, 0.29) is 0 Å². The molecule has 1 aromatic carbocycles. The lowest BCUT2D eigenvalue weighted by Crippen LogP contribution is -2.43. The quantitative estimate of drug-likeness (QED) is 0.735. The number of rotatable bonds is 7. The zero-order valence-electron chi connectivity index (χ0n) is 12.3. The van der Waals surface area contributed by atoms with Crippen LogP contribution in [0.15, 0.2) is 30.3 Å². The molecule has 1 aliphatic heterocycles. The van der Waals surface area contributed by atoms with Crippen molar-refractivity contribution >= 4 is 0 Å². The number of hydrogen-bond acceptors (Lipinski definition) is 2. The second-order valence-corrected chi connectivity index (χ2v) is 5.64. The van der Waals surface area contributed by atoms with E-state index in [9.17, 15) is 0 Å². The van der Waals surface area contributed by atoms with Crippen molar-refractivity contribution in [2.75, 3.05) is 13.1 Å². The van der Waals surface area contributed by atoms with Crippen LogP contribution in [0.5, 0.6) is 0 Å². The fourth-order valence-corrected chi connectivity index (χ4v) is 2.83. The number of hydrazine groups is 1. The lowest BCUT2D eigenvalue weighted by Gasteiger charge is -2.32. The van der Waals surface area contributed by atoms with Gasteiger partial charge in [-0.3, -0.25) is 0 Å². The van der Waals surface area contributed by atoms with E-state index < -0.39 is 0 Å². The van der Waals surface area contributed by atoms with Crippen molar-refractivity contribution in [2.24, 2.45) is 0 Å². The minimum absolute atomic E-state index is 0.492. The summed E-state index contributed by atoms with van der Waals surface area (Å²) in [5, 5.41) is 2.44. The average Bonchev–Trinajstić information content (AvgIpc) is 2.48. The molecular formula is C17H28N2. The van der Waals surface area contributed by atoms with Gasteiger partial charge in [-0.05, 0) is 24.8 Å². The van der Waals surface area contributed by atoms with Gasteiger partial charge in [-0.15, -0.1) is 0 Å². The van der Waals surface area contributed by atoms with Crippen LogP contribution in [0.1, 0.15) is 63.5 Å². The fourth-order valence-electron chi connectivity index (χ4n) is 2.83. The van der Waals surface area contributed by atoms with Gasteiger partial charge in [0.25, 0.3) is 0 Å². The van der Waals surface area contributed by atoms with Gasteiger partial charge in [0.1, 0.15) is 0 Å². The van der Waals surface area contributed by atoms with Crippen LogP contribution < -0.4 is 5.43 Å². The van der Waals surface area contributed by atoms with E-state index in [4.69, 9.17) is 0 Å². The number of hydrogen-bond donors (Lipinski definition) is 1. The highest BCUT2D eigenvalue weighted by molar-refractivity contribution is 5.18. The number of piperidine rings is 1. The van der Waals surface area contributed by atoms with Crippen molar-refractivity contribution in [1.82, 2.24) is 10.4 Å². The van der Waals surface area contributed by atoms with E-state index in [0.29, 0.717) is 6.04 Å². The molecule has 1 heterocycles. The predicted molar refractivity (Wildman–Crippen MR) is 81.9 cm³/mol. The molecular weight excluding hydrogens is 232 g/mol. The number of unbranched alkanes of at least 4 members (excludes halogenated alkanes) is 2. The first-order valence-corrected chi connectivity index (χ1v) is 7.96. The van der Waals surface area contributed by atoms with E-state index in [2.05, 4.69) is 47.7 Å². The molecule has 0 radical (unpaired) electrons. The molecule has 1 N–H and O–H groups in total. The minimum atomic E-state index is 0.492. The Hall–Kier alpha value is -0.860. The summed E-state index contributed by atoms with van der Waals surface area (Å²) in [5.74, 6) is 0. The fraction of sp³-hybridized carbons (Fsp3) is 0.647. The molecule has 0 saturated carbocycles. The van der Waals surface area contributed by atoms with Gasteiger partial charge in [-0.25, -0.2) is 10.4 Å². The van der Waals surface area contributed by atoms with Crippen molar-refractivity contribution in [1.29, 1.82) is 0 Å². The van der Waals surface area contributed by atoms with Crippen LogP contribution in [0.25, 0.3) is 0 Å². The molecule has 0 spiro atoms. The van der Waals surface area contributed by atoms with Crippen molar-refractivity contribution < 1.29 is 0 Å². The predicted octanol–water partition coefficient (Wildman–Crippen LogP) is 4.30. The standard InChI is InChI=1S/C17H28N2/c1-2-3-6-13-17(16-11-7-4-8-12-16)18-19-14-9-5-10-15-19/h4,7-8,11-12,17-18H,2-3,5-6,9-10,13-15H2,1H3.